The molecule has 0 unspecified atom stereocenters. The van der Waals surface area contributed by atoms with Gasteiger partial charge in [-0.15, -0.1) is 0 Å². The average molecular weight is 278 g/mol. The number of carbonyl (C=O) groups excluding carboxylic acids is 1. The highest BCUT2D eigenvalue weighted by Crippen LogP contribution is 2.21. The largest absolute Gasteiger partial charge is 0.336 e. The van der Waals surface area contributed by atoms with Gasteiger partial charge in [0, 0.05) is 32.4 Å². The maximum Gasteiger partial charge on any atom is 0.322 e. The average Bonchev–Trinajstić information content (AvgIpc) is 2.94. The number of hydrogen-bond acceptors (Lipinski definition) is 5. The Morgan fingerprint density at radius 1 is 1.60 bits per heavy atom. The molecule has 2 aromatic rings. The normalized spacial score (nSPS) is 10.6. The van der Waals surface area contributed by atoms with Gasteiger partial charge in [-0.2, -0.15) is 10.2 Å². The Bertz CT molecular complexity index is 659. The van der Waals surface area contributed by atoms with Gasteiger partial charge in [0.25, 0.3) is 5.91 Å². The number of aryl methyl sites for hydroxylation is 2. The van der Waals surface area contributed by atoms with Crippen LogP contribution in [0.15, 0.2) is 12.4 Å². The molecule has 2 aromatic heterocycles. The van der Waals surface area contributed by atoms with Gasteiger partial charge in [0.2, 0.25) is 5.69 Å². The Balaban J connectivity index is 2.21. The van der Waals surface area contributed by atoms with Crippen LogP contribution in [0.1, 0.15) is 21.7 Å². The van der Waals surface area contributed by atoms with Crippen molar-refractivity contribution in [1.29, 1.82) is 0 Å². The molecule has 9 nitrogen and oxygen atoms in total. The zero-order chi connectivity index (χ0) is 14.9. The summed E-state index contributed by atoms with van der Waals surface area (Å²) in [5, 5.41) is 21.1. The van der Waals surface area contributed by atoms with E-state index in [1.807, 2.05) is 0 Å². The first kappa shape index (κ1) is 13.7. The van der Waals surface area contributed by atoms with Crippen LogP contribution in [0.3, 0.4) is 0 Å². The first-order valence-electron chi connectivity index (χ1n) is 5.82. The van der Waals surface area contributed by atoms with Crippen LogP contribution < -0.4 is 0 Å². The molecule has 0 spiro atoms. The summed E-state index contributed by atoms with van der Waals surface area (Å²) in [6.07, 6.45) is 3.40. The molecule has 0 radical (unpaired) electrons. The van der Waals surface area contributed by atoms with Crippen molar-refractivity contribution in [2.75, 3.05) is 7.05 Å². The minimum absolute atomic E-state index is 0.182. The standard InChI is InChI=1S/C11H14N6O3/c1-7-10(17(19)20)9(14-13-7)11(18)15(2)5-8-4-12-16(3)6-8/h4,6H,5H2,1-3H3,(H,13,14). The maximum atomic E-state index is 12.2. The second kappa shape index (κ2) is 5.11. The molecule has 0 aromatic carbocycles. The van der Waals surface area contributed by atoms with Gasteiger partial charge in [-0.3, -0.25) is 24.7 Å². The second-order valence-corrected chi connectivity index (χ2v) is 4.49. The lowest BCUT2D eigenvalue weighted by Crippen LogP contribution is -2.27. The topological polar surface area (TPSA) is 110 Å². The van der Waals surface area contributed by atoms with Gasteiger partial charge in [0.05, 0.1) is 11.1 Å². The van der Waals surface area contributed by atoms with Crippen LogP contribution in [0, 0.1) is 17.0 Å². The third-order valence-electron chi connectivity index (χ3n) is 2.82. The number of carbonyl (C=O) groups is 1. The van der Waals surface area contributed by atoms with Crippen LogP contribution in [-0.4, -0.2) is 42.8 Å². The molecule has 0 bridgehead atoms. The molecule has 1 N–H and O–H groups in total. The fourth-order valence-corrected chi connectivity index (χ4v) is 1.88. The van der Waals surface area contributed by atoms with E-state index >= 15 is 0 Å². The lowest BCUT2D eigenvalue weighted by atomic mass is 10.2. The number of nitrogens with zero attached hydrogens (tertiary/aromatic N) is 5. The minimum atomic E-state index is -0.607. The molecular weight excluding hydrogens is 264 g/mol. The highest BCUT2D eigenvalue weighted by atomic mass is 16.6. The second-order valence-electron chi connectivity index (χ2n) is 4.49. The summed E-state index contributed by atoms with van der Waals surface area (Å²) in [7, 11) is 3.33. The Labute approximate surface area is 114 Å². The first-order valence-corrected chi connectivity index (χ1v) is 5.82. The summed E-state index contributed by atoms with van der Waals surface area (Å²) >= 11 is 0. The zero-order valence-corrected chi connectivity index (χ0v) is 11.3. The van der Waals surface area contributed by atoms with Gasteiger partial charge < -0.3 is 4.90 Å². The van der Waals surface area contributed by atoms with E-state index in [4.69, 9.17) is 0 Å². The first-order chi connectivity index (χ1) is 9.40. The molecule has 0 saturated heterocycles. The Kier molecular flexibility index (Phi) is 3.51. The van der Waals surface area contributed by atoms with Crippen molar-refractivity contribution in [2.24, 2.45) is 7.05 Å². The van der Waals surface area contributed by atoms with Gasteiger partial charge >= 0.3 is 5.69 Å². The third-order valence-corrected chi connectivity index (χ3v) is 2.82. The van der Waals surface area contributed by atoms with Gasteiger partial charge in [-0.25, -0.2) is 0 Å². The number of H-pyrrole nitrogens is 1. The number of nitrogens with one attached hydrogen (secondary N) is 1. The number of amides is 1. The summed E-state index contributed by atoms with van der Waals surface area (Å²) in [4.78, 5) is 23.9. The molecule has 0 saturated carbocycles. The Hall–Kier alpha value is -2.71. The number of nitro groups is 1. The maximum absolute atomic E-state index is 12.2. The summed E-state index contributed by atoms with van der Waals surface area (Å²) in [5.41, 5.74) is 0.623. The summed E-state index contributed by atoms with van der Waals surface area (Å²) in [6, 6.07) is 0. The van der Waals surface area contributed by atoms with Crippen LogP contribution >= 0.6 is 0 Å². The minimum Gasteiger partial charge on any atom is -0.336 e. The zero-order valence-electron chi connectivity index (χ0n) is 11.3. The van der Waals surface area contributed by atoms with Gasteiger partial charge in [0.1, 0.15) is 5.69 Å². The van der Waals surface area contributed by atoms with Crippen molar-refractivity contribution in [1.82, 2.24) is 24.9 Å². The number of rotatable bonds is 4. The molecule has 2 rings (SSSR count). The van der Waals surface area contributed by atoms with E-state index in [0.29, 0.717) is 6.54 Å². The highest BCUT2D eigenvalue weighted by molar-refractivity contribution is 5.96. The number of aromatic amines is 1. The SMILES string of the molecule is Cc1[nH]nc(C(=O)N(C)Cc2cnn(C)c2)c1[N+](=O)[O-]. The Morgan fingerprint density at radius 2 is 2.30 bits per heavy atom. The van der Waals surface area contributed by atoms with E-state index in [1.54, 1.807) is 31.2 Å². The van der Waals surface area contributed by atoms with E-state index in [9.17, 15) is 14.9 Å². The number of hydrogen-bond donors (Lipinski definition) is 1. The molecule has 2 heterocycles. The fourth-order valence-electron chi connectivity index (χ4n) is 1.88. The van der Waals surface area contributed by atoms with Crippen molar-refractivity contribution >= 4 is 11.6 Å². The van der Waals surface area contributed by atoms with Crippen LogP contribution in [0.25, 0.3) is 0 Å². The molecule has 0 fully saturated rings. The van der Waals surface area contributed by atoms with Crippen molar-refractivity contribution in [3.8, 4) is 0 Å². The monoisotopic (exact) mass is 278 g/mol. The molecule has 0 atom stereocenters. The van der Waals surface area contributed by atoms with Crippen molar-refractivity contribution in [3.63, 3.8) is 0 Å². The van der Waals surface area contributed by atoms with E-state index in [2.05, 4.69) is 15.3 Å². The number of aromatic nitrogens is 4. The molecule has 0 aliphatic rings. The van der Waals surface area contributed by atoms with Gasteiger partial charge in [-0.05, 0) is 6.92 Å². The molecule has 20 heavy (non-hydrogen) atoms. The molecule has 9 heteroatoms. The Morgan fingerprint density at radius 3 is 2.85 bits per heavy atom. The lowest BCUT2D eigenvalue weighted by molar-refractivity contribution is -0.385. The smallest absolute Gasteiger partial charge is 0.322 e. The van der Waals surface area contributed by atoms with Crippen LogP contribution in [-0.2, 0) is 13.6 Å². The van der Waals surface area contributed by atoms with Gasteiger partial charge in [-0.1, -0.05) is 0 Å². The molecule has 106 valence electrons. The molecular formula is C11H14N6O3. The van der Waals surface area contributed by atoms with Crippen LogP contribution in [0.5, 0.6) is 0 Å². The third kappa shape index (κ3) is 2.51. The molecule has 1 amide bonds. The lowest BCUT2D eigenvalue weighted by Gasteiger charge is -2.14. The quantitative estimate of drug-likeness (QED) is 0.651. The van der Waals surface area contributed by atoms with Crippen molar-refractivity contribution in [2.45, 2.75) is 13.5 Å². The van der Waals surface area contributed by atoms with Crippen molar-refractivity contribution < 1.29 is 9.72 Å². The summed E-state index contributed by atoms with van der Waals surface area (Å²) < 4.78 is 1.62. The molecule has 0 aliphatic carbocycles. The van der Waals surface area contributed by atoms with E-state index in [0.717, 1.165) is 5.56 Å². The molecule has 0 aliphatic heterocycles. The predicted octanol–water partition coefficient (Wildman–Crippen LogP) is 0.632. The fraction of sp³-hybridized carbons (Fsp3) is 0.364. The van der Waals surface area contributed by atoms with E-state index < -0.39 is 10.8 Å². The summed E-state index contributed by atoms with van der Waals surface area (Å²) in [6.45, 7) is 1.80. The predicted molar refractivity (Wildman–Crippen MR) is 69.0 cm³/mol. The van der Waals surface area contributed by atoms with Crippen LogP contribution in [0.4, 0.5) is 5.69 Å². The van der Waals surface area contributed by atoms with Crippen LogP contribution in [0.2, 0.25) is 0 Å². The van der Waals surface area contributed by atoms with E-state index in [1.165, 1.54) is 11.8 Å². The highest BCUT2D eigenvalue weighted by Gasteiger charge is 2.29. The van der Waals surface area contributed by atoms with E-state index in [-0.39, 0.29) is 17.1 Å². The van der Waals surface area contributed by atoms with Gasteiger partial charge in [0.15, 0.2) is 0 Å². The summed E-state index contributed by atoms with van der Waals surface area (Å²) in [5.74, 6) is -0.509. The van der Waals surface area contributed by atoms with Crippen molar-refractivity contribution in [3.05, 3.63) is 39.5 Å².